The van der Waals surface area contributed by atoms with Gasteiger partial charge >= 0.3 is 0 Å². The number of imidazole rings is 1. The first-order chi connectivity index (χ1) is 21.8. The average Bonchev–Trinajstić information content (AvgIpc) is 3.50. The molecule has 0 fully saturated rings. The van der Waals surface area contributed by atoms with Gasteiger partial charge in [0.25, 0.3) is 0 Å². The lowest BCUT2D eigenvalue weighted by molar-refractivity contribution is 0.726. The van der Waals surface area contributed by atoms with Crippen molar-refractivity contribution < 1.29 is 0 Å². The monoisotopic (exact) mass is 560 g/mol. The van der Waals surface area contributed by atoms with Crippen LogP contribution in [0.25, 0.3) is 50.0 Å². The van der Waals surface area contributed by atoms with E-state index in [0.717, 1.165) is 28.1 Å². The Morgan fingerprint density at radius 3 is 1.86 bits per heavy atom. The standard InChI is InChI=1S/C42H28N2/c1-4-15-30(16-5-1)41-43-38-25-13-24-36-40(38)44(41)39-27-26-31(35-23-12-17-29-14-10-11-22-34(29)35)28-37(39)42(36,32-18-6-2-7-19-32)33-20-8-3-9-21-33/h1-28H. The van der Waals surface area contributed by atoms with E-state index < -0.39 is 5.41 Å². The van der Waals surface area contributed by atoms with E-state index >= 15 is 0 Å². The summed E-state index contributed by atoms with van der Waals surface area (Å²) in [6.45, 7) is 0. The molecule has 8 aromatic rings. The Balaban J connectivity index is 1.47. The van der Waals surface area contributed by atoms with Crippen LogP contribution in [0.2, 0.25) is 0 Å². The molecule has 0 unspecified atom stereocenters. The lowest BCUT2D eigenvalue weighted by atomic mass is 9.63. The van der Waals surface area contributed by atoms with Crippen LogP contribution in [0.4, 0.5) is 0 Å². The highest BCUT2D eigenvalue weighted by Crippen LogP contribution is 2.54. The van der Waals surface area contributed by atoms with E-state index in [2.05, 4.69) is 174 Å². The highest BCUT2D eigenvalue weighted by atomic mass is 15.1. The van der Waals surface area contributed by atoms with E-state index in [0.29, 0.717) is 0 Å². The summed E-state index contributed by atoms with van der Waals surface area (Å²) in [5.74, 6) is 0.960. The summed E-state index contributed by atoms with van der Waals surface area (Å²) in [6, 6.07) is 61.5. The number of aromatic nitrogens is 2. The van der Waals surface area contributed by atoms with Crippen LogP contribution in [0.5, 0.6) is 0 Å². The zero-order valence-electron chi connectivity index (χ0n) is 24.1. The molecule has 2 heterocycles. The van der Waals surface area contributed by atoms with Crippen molar-refractivity contribution in [3.05, 3.63) is 192 Å². The van der Waals surface area contributed by atoms with Crippen LogP contribution in [0, 0.1) is 0 Å². The van der Waals surface area contributed by atoms with Crippen molar-refractivity contribution in [3.63, 3.8) is 0 Å². The Hall–Kier alpha value is -5.73. The van der Waals surface area contributed by atoms with Crippen molar-refractivity contribution in [1.29, 1.82) is 0 Å². The van der Waals surface area contributed by atoms with Gasteiger partial charge in [0.15, 0.2) is 0 Å². The summed E-state index contributed by atoms with van der Waals surface area (Å²) in [4.78, 5) is 5.29. The fourth-order valence-electron chi connectivity index (χ4n) is 7.43. The smallest absolute Gasteiger partial charge is 0.145 e. The second-order valence-electron chi connectivity index (χ2n) is 11.6. The third-order valence-electron chi connectivity index (χ3n) is 9.27. The fraction of sp³-hybridized carbons (Fsp3) is 0.0238. The molecule has 0 saturated heterocycles. The van der Waals surface area contributed by atoms with Crippen LogP contribution < -0.4 is 0 Å². The minimum atomic E-state index is -0.554. The van der Waals surface area contributed by atoms with Crippen molar-refractivity contribution >= 4 is 21.8 Å². The van der Waals surface area contributed by atoms with Crippen LogP contribution in [0.15, 0.2) is 170 Å². The number of nitrogens with zero attached hydrogens (tertiary/aromatic N) is 2. The van der Waals surface area contributed by atoms with E-state index in [4.69, 9.17) is 4.98 Å². The fourth-order valence-corrected chi connectivity index (χ4v) is 7.43. The predicted molar refractivity (Wildman–Crippen MR) is 181 cm³/mol. The molecular weight excluding hydrogens is 532 g/mol. The topological polar surface area (TPSA) is 17.8 Å². The Morgan fingerprint density at radius 2 is 1.11 bits per heavy atom. The molecule has 0 bridgehead atoms. The highest BCUT2D eigenvalue weighted by Gasteiger charge is 2.45. The molecule has 2 nitrogen and oxygen atoms in total. The van der Waals surface area contributed by atoms with Crippen LogP contribution in [-0.4, -0.2) is 9.55 Å². The van der Waals surface area contributed by atoms with Crippen LogP contribution >= 0.6 is 0 Å². The number of para-hydroxylation sites is 1. The Kier molecular flexibility index (Phi) is 5.45. The van der Waals surface area contributed by atoms with Gasteiger partial charge in [-0.3, -0.25) is 4.57 Å². The summed E-state index contributed by atoms with van der Waals surface area (Å²) in [6.07, 6.45) is 0. The van der Waals surface area contributed by atoms with Gasteiger partial charge in [-0.1, -0.05) is 152 Å². The summed E-state index contributed by atoms with van der Waals surface area (Å²) in [5.41, 5.74) is 11.3. The van der Waals surface area contributed by atoms with E-state index in [1.165, 1.54) is 44.2 Å². The number of hydrogen-bond donors (Lipinski definition) is 0. The maximum absolute atomic E-state index is 5.29. The van der Waals surface area contributed by atoms with Crippen LogP contribution in [-0.2, 0) is 5.41 Å². The van der Waals surface area contributed by atoms with E-state index in [1.807, 2.05) is 0 Å². The second-order valence-corrected chi connectivity index (χ2v) is 11.6. The molecule has 1 aliphatic heterocycles. The van der Waals surface area contributed by atoms with Crippen molar-refractivity contribution in [3.8, 4) is 28.2 Å². The summed E-state index contributed by atoms with van der Waals surface area (Å²) in [7, 11) is 0. The molecule has 1 aromatic heterocycles. The van der Waals surface area contributed by atoms with Crippen molar-refractivity contribution in [2.45, 2.75) is 5.41 Å². The zero-order valence-corrected chi connectivity index (χ0v) is 24.1. The molecule has 44 heavy (non-hydrogen) atoms. The zero-order chi connectivity index (χ0) is 29.1. The van der Waals surface area contributed by atoms with Crippen molar-refractivity contribution in [2.75, 3.05) is 0 Å². The molecule has 0 aliphatic carbocycles. The number of hydrogen-bond acceptors (Lipinski definition) is 1. The summed E-state index contributed by atoms with van der Waals surface area (Å²) in [5, 5.41) is 2.50. The van der Waals surface area contributed by atoms with E-state index in [-0.39, 0.29) is 0 Å². The van der Waals surface area contributed by atoms with Gasteiger partial charge in [-0.25, -0.2) is 4.98 Å². The number of fused-ring (bicyclic) bond motifs is 3. The first-order valence-electron chi connectivity index (χ1n) is 15.2. The quantitative estimate of drug-likeness (QED) is 0.209. The SMILES string of the molecule is c1ccc(-c2nc3cccc4c3n2-c2ccc(-c3cccc5ccccc35)cc2C4(c2ccccc2)c2ccccc2)cc1. The summed E-state index contributed by atoms with van der Waals surface area (Å²) >= 11 is 0. The van der Waals surface area contributed by atoms with Crippen LogP contribution in [0.1, 0.15) is 22.3 Å². The Labute approximate surface area is 256 Å². The third kappa shape index (κ3) is 3.46. The molecule has 2 heteroatoms. The molecule has 0 N–H and O–H groups in total. The van der Waals surface area contributed by atoms with Crippen molar-refractivity contribution in [2.24, 2.45) is 0 Å². The predicted octanol–water partition coefficient (Wildman–Crippen LogP) is 10.2. The Bertz CT molecular complexity index is 2270. The van der Waals surface area contributed by atoms with Gasteiger partial charge in [-0.05, 0) is 62.4 Å². The minimum Gasteiger partial charge on any atom is -0.292 e. The van der Waals surface area contributed by atoms with Gasteiger partial charge < -0.3 is 0 Å². The first-order valence-corrected chi connectivity index (χ1v) is 15.2. The molecule has 9 rings (SSSR count). The lowest BCUT2D eigenvalue weighted by Crippen LogP contribution is -2.35. The molecular formula is C42H28N2. The van der Waals surface area contributed by atoms with E-state index in [9.17, 15) is 0 Å². The number of benzene rings is 7. The van der Waals surface area contributed by atoms with Crippen LogP contribution in [0.3, 0.4) is 0 Å². The molecule has 1 aliphatic rings. The molecule has 206 valence electrons. The van der Waals surface area contributed by atoms with Gasteiger partial charge in [0.05, 0.1) is 22.1 Å². The molecule has 0 amide bonds. The van der Waals surface area contributed by atoms with E-state index in [1.54, 1.807) is 0 Å². The minimum absolute atomic E-state index is 0.554. The molecule has 0 saturated carbocycles. The first kappa shape index (κ1) is 24.8. The van der Waals surface area contributed by atoms with Gasteiger partial charge in [0, 0.05) is 5.56 Å². The maximum atomic E-state index is 5.29. The summed E-state index contributed by atoms with van der Waals surface area (Å²) < 4.78 is 2.40. The van der Waals surface area contributed by atoms with Crippen molar-refractivity contribution in [1.82, 2.24) is 9.55 Å². The largest absolute Gasteiger partial charge is 0.292 e. The average molecular weight is 561 g/mol. The van der Waals surface area contributed by atoms with Gasteiger partial charge in [0.1, 0.15) is 5.82 Å². The molecule has 0 spiro atoms. The van der Waals surface area contributed by atoms with Gasteiger partial charge in [-0.2, -0.15) is 0 Å². The normalized spacial score (nSPS) is 13.2. The molecule has 7 aromatic carbocycles. The van der Waals surface area contributed by atoms with Gasteiger partial charge in [0.2, 0.25) is 0 Å². The van der Waals surface area contributed by atoms with Gasteiger partial charge in [-0.15, -0.1) is 0 Å². The number of rotatable bonds is 4. The maximum Gasteiger partial charge on any atom is 0.145 e. The Morgan fingerprint density at radius 1 is 0.477 bits per heavy atom. The third-order valence-corrected chi connectivity index (χ3v) is 9.27. The highest BCUT2D eigenvalue weighted by molar-refractivity contribution is 5.98. The molecule has 0 radical (unpaired) electrons. The molecule has 0 atom stereocenters. The lowest BCUT2D eigenvalue weighted by Gasteiger charge is -2.42. The second kappa shape index (κ2) is 9.65.